The second kappa shape index (κ2) is 6.97. The minimum atomic E-state index is -0.356. The zero-order valence-electron chi connectivity index (χ0n) is 8.53. The van der Waals surface area contributed by atoms with E-state index in [1.165, 1.54) is 12.1 Å². The number of carbonyl (C=O) groups excluding carboxylic acids is 1. The zero-order valence-corrected chi connectivity index (χ0v) is 9.29. The Hall–Kier alpha value is -1.40. The molecule has 0 spiro atoms. The average Bonchev–Trinajstić information content (AvgIpc) is 2.29. The van der Waals surface area contributed by atoms with E-state index >= 15 is 0 Å². The smallest absolute Gasteiger partial charge is 0.271 e. The topological polar surface area (TPSA) is 84.1 Å². The lowest BCUT2D eigenvalue weighted by Crippen LogP contribution is -2.29. The van der Waals surface area contributed by atoms with Crippen LogP contribution in [0.2, 0.25) is 0 Å². The highest BCUT2D eigenvalue weighted by atomic mass is 35.5. The number of ether oxygens (including phenoxy) is 1. The van der Waals surface area contributed by atoms with E-state index in [9.17, 15) is 9.59 Å². The first-order valence-electron chi connectivity index (χ1n) is 4.71. The molecule has 6 nitrogen and oxygen atoms in total. The van der Waals surface area contributed by atoms with Crippen molar-refractivity contribution in [3.8, 4) is 0 Å². The molecule has 2 N–H and O–H groups in total. The first-order valence-corrected chi connectivity index (χ1v) is 5.25. The lowest BCUT2D eigenvalue weighted by molar-refractivity contribution is 0.0917. The fraction of sp³-hybridized carbons (Fsp3) is 0.444. The van der Waals surface area contributed by atoms with Gasteiger partial charge in [0.15, 0.2) is 0 Å². The molecule has 0 bridgehead atoms. The average molecular weight is 246 g/mol. The molecule has 0 fully saturated rings. The minimum absolute atomic E-state index is 0.164. The molecule has 7 heteroatoms. The van der Waals surface area contributed by atoms with Gasteiger partial charge in [-0.15, -0.1) is 11.6 Å². The summed E-state index contributed by atoms with van der Waals surface area (Å²) in [6, 6.07) is 2.60. The molecular weight excluding hydrogens is 234 g/mol. The lowest BCUT2D eigenvalue weighted by atomic mass is 10.3. The number of amides is 1. The number of carbonyl (C=O) groups is 1. The van der Waals surface area contributed by atoms with E-state index < -0.39 is 0 Å². The minimum Gasteiger partial charge on any atom is -0.378 e. The largest absolute Gasteiger partial charge is 0.378 e. The van der Waals surface area contributed by atoms with Crippen LogP contribution in [0.1, 0.15) is 10.5 Å². The molecule has 1 aromatic rings. The molecule has 1 aromatic heterocycles. The van der Waals surface area contributed by atoms with Gasteiger partial charge in [-0.1, -0.05) is 0 Å². The summed E-state index contributed by atoms with van der Waals surface area (Å²) in [5, 5.41) is 8.34. The molecule has 0 aromatic carbocycles. The van der Waals surface area contributed by atoms with Crippen molar-refractivity contribution >= 4 is 17.5 Å². The van der Waals surface area contributed by atoms with Gasteiger partial charge in [-0.05, 0) is 6.07 Å². The summed E-state index contributed by atoms with van der Waals surface area (Å²) < 4.78 is 5.06. The van der Waals surface area contributed by atoms with Crippen molar-refractivity contribution in [2.75, 3.05) is 25.6 Å². The lowest BCUT2D eigenvalue weighted by Gasteiger charge is -2.04. The summed E-state index contributed by atoms with van der Waals surface area (Å²) in [7, 11) is 0. The number of hydrogen-bond donors (Lipinski definition) is 2. The quantitative estimate of drug-likeness (QED) is 0.535. The van der Waals surface area contributed by atoms with Crippen molar-refractivity contribution in [3.05, 3.63) is 28.2 Å². The Morgan fingerprint density at radius 3 is 2.94 bits per heavy atom. The van der Waals surface area contributed by atoms with Crippen molar-refractivity contribution in [3.63, 3.8) is 0 Å². The maximum absolute atomic E-state index is 11.4. The Morgan fingerprint density at radius 1 is 1.50 bits per heavy atom. The second-order valence-electron chi connectivity index (χ2n) is 2.86. The van der Waals surface area contributed by atoms with Gasteiger partial charge in [-0.3, -0.25) is 9.59 Å². The summed E-state index contributed by atoms with van der Waals surface area (Å²) >= 11 is 5.40. The molecule has 0 unspecified atom stereocenters. The molecule has 0 aliphatic heterocycles. The molecule has 1 amide bonds. The van der Waals surface area contributed by atoms with E-state index in [2.05, 4.69) is 15.5 Å². The van der Waals surface area contributed by atoms with Gasteiger partial charge in [0, 0.05) is 18.5 Å². The van der Waals surface area contributed by atoms with E-state index in [1.54, 1.807) is 0 Å². The van der Waals surface area contributed by atoms with E-state index in [1.807, 2.05) is 0 Å². The number of rotatable bonds is 6. The molecular formula is C9H12ClN3O3. The van der Waals surface area contributed by atoms with Crippen molar-refractivity contribution in [2.24, 2.45) is 0 Å². The fourth-order valence-electron chi connectivity index (χ4n) is 0.955. The molecule has 0 radical (unpaired) electrons. The molecule has 0 aliphatic rings. The Labute approximate surface area is 97.0 Å². The second-order valence-corrected chi connectivity index (χ2v) is 3.24. The van der Waals surface area contributed by atoms with Gasteiger partial charge in [0.2, 0.25) is 0 Å². The first kappa shape index (κ1) is 12.7. The van der Waals surface area contributed by atoms with Crippen LogP contribution in [0, 0.1) is 0 Å². The van der Waals surface area contributed by atoms with E-state index in [0.29, 0.717) is 25.6 Å². The van der Waals surface area contributed by atoms with Crippen LogP contribution in [-0.2, 0) is 4.74 Å². The van der Waals surface area contributed by atoms with Crippen LogP contribution in [0.15, 0.2) is 16.9 Å². The maximum Gasteiger partial charge on any atom is 0.271 e. The summed E-state index contributed by atoms with van der Waals surface area (Å²) in [5.74, 6) is 0.0702. The fourth-order valence-corrected chi connectivity index (χ4v) is 1.06. The molecule has 0 saturated carbocycles. The van der Waals surface area contributed by atoms with Crippen LogP contribution in [0.4, 0.5) is 0 Å². The van der Waals surface area contributed by atoms with Crippen LogP contribution in [0.3, 0.4) is 0 Å². The van der Waals surface area contributed by atoms with Crippen molar-refractivity contribution in [1.29, 1.82) is 0 Å². The maximum atomic E-state index is 11.4. The van der Waals surface area contributed by atoms with Gasteiger partial charge in [0.05, 0.1) is 13.2 Å². The number of aromatic amines is 1. The van der Waals surface area contributed by atoms with Crippen LogP contribution in [0.5, 0.6) is 0 Å². The summed E-state index contributed by atoms with van der Waals surface area (Å²) in [5.41, 5.74) is -0.182. The summed E-state index contributed by atoms with van der Waals surface area (Å²) in [6.07, 6.45) is 0. The van der Waals surface area contributed by atoms with Gasteiger partial charge in [-0.25, -0.2) is 5.10 Å². The van der Waals surface area contributed by atoms with Gasteiger partial charge in [-0.2, -0.15) is 5.10 Å². The van der Waals surface area contributed by atoms with Crippen LogP contribution in [0.25, 0.3) is 0 Å². The Morgan fingerprint density at radius 2 is 2.31 bits per heavy atom. The third-order valence-corrected chi connectivity index (χ3v) is 1.82. The van der Waals surface area contributed by atoms with Gasteiger partial charge in [0.1, 0.15) is 5.69 Å². The molecule has 1 heterocycles. The number of H-pyrrole nitrogens is 1. The van der Waals surface area contributed by atoms with Gasteiger partial charge in [0.25, 0.3) is 11.5 Å². The number of aromatic nitrogens is 2. The highest BCUT2D eigenvalue weighted by Gasteiger charge is 2.05. The molecule has 88 valence electrons. The zero-order chi connectivity index (χ0) is 11.8. The van der Waals surface area contributed by atoms with E-state index in [4.69, 9.17) is 16.3 Å². The number of alkyl halides is 1. The van der Waals surface area contributed by atoms with E-state index in [-0.39, 0.29) is 17.2 Å². The SMILES string of the molecule is O=C(NCCOCCCl)c1ccc(=O)[nH]n1. The normalized spacial score (nSPS) is 10.1. The predicted molar refractivity (Wildman–Crippen MR) is 58.7 cm³/mol. The monoisotopic (exact) mass is 245 g/mol. The Balaban J connectivity index is 2.30. The Bertz CT molecular complexity index is 373. The standard InChI is InChI=1S/C9H12ClN3O3/c10-3-5-16-6-4-11-9(15)7-1-2-8(14)13-12-7/h1-2H,3-6H2,(H,11,15)(H,13,14). The van der Waals surface area contributed by atoms with Crippen molar-refractivity contribution in [2.45, 2.75) is 0 Å². The number of halogens is 1. The third kappa shape index (κ3) is 4.41. The number of hydrogen-bond acceptors (Lipinski definition) is 4. The van der Waals surface area contributed by atoms with Crippen LogP contribution in [-0.4, -0.2) is 41.7 Å². The van der Waals surface area contributed by atoms with Crippen molar-refractivity contribution < 1.29 is 9.53 Å². The molecule has 0 atom stereocenters. The van der Waals surface area contributed by atoms with Gasteiger partial charge >= 0.3 is 0 Å². The highest BCUT2D eigenvalue weighted by molar-refractivity contribution is 6.17. The molecule has 0 aliphatic carbocycles. The highest BCUT2D eigenvalue weighted by Crippen LogP contribution is 1.87. The van der Waals surface area contributed by atoms with Gasteiger partial charge < -0.3 is 10.1 Å². The predicted octanol–water partition coefficient (Wildman–Crippen LogP) is -0.245. The number of nitrogens with one attached hydrogen (secondary N) is 2. The molecule has 16 heavy (non-hydrogen) atoms. The number of nitrogens with zero attached hydrogens (tertiary/aromatic N) is 1. The molecule has 1 rings (SSSR count). The van der Waals surface area contributed by atoms with Crippen LogP contribution >= 0.6 is 11.6 Å². The van der Waals surface area contributed by atoms with Crippen LogP contribution < -0.4 is 10.9 Å². The first-order chi connectivity index (χ1) is 7.74. The third-order valence-electron chi connectivity index (χ3n) is 1.67. The van der Waals surface area contributed by atoms with Crippen molar-refractivity contribution in [1.82, 2.24) is 15.5 Å². The summed E-state index contributed by atoms with van der Waals surface area (Å²) in [6.45, 7) is 1.21. The van der Waals surface area contributed by atoms with E-state index in [0.717, 1.165) is 0 Å². The molecule has 0 saturated heterocycles. The summed E-state index contributed by atoms with van der Waals surface area (Å²) in [4.78, 5) is 22.1. The Kier molecular flexibility index (Phi) is 5.52.